The molecular weight excluding hydrogens is 723 g/mol. The summed E-state index contributed by atoms with van der Waals surface area (Å²) >= 11 is 0. The number of hydrogen-bond acceptors (Lipinski definition) is 9. The van der Waals surface area contributed by atoms with Crippen molar-refractivity contribution in [3.05, 3.63) is 186 Å². The summed E-state index contributed by atoms with van der Waals surface area (Å²) in [5.41, 5.74) is 5.52. The van der Waals surface area contributed by atoms with E-state index in [0.717, 1.165) is 33.3 Å². The molecule has 0 aliphatic heterocycles. The molecule has 9 nitrogen and oxygen atoms in total. The molecule has 8 aromatic rings. The summed E-state index contributed by atoms with van der Waals surface area (Å²) in [5, 5.41) is 30.3. The Morgan fingerprint density at radius 1 is 0.491 bits per heavy atom. The monoisotopic (exact) mass is 762 g/mol. The number of aromatic hydroxyl groups is 2. The standard InChI is InChI=1S/C24H23N3O.C22H17F2N3O2/c1-16(2)17-8-10-19(11-9-17)22(27-21-7-3-4-14-25-21)20-13-12-18-6-5-15-26-23(18)24(20)28;23-22(24)29-16-9-6-15(7-10-16)19(27-18-5-1-2-12-25-18)17-11-8-14-4-3-13-26-20(14)21(17)28/h3-16,22,28H,1-2H3,(H,25,27);1-13,19,22,28H,(H,25,27). The third-order valence-corrected chi connectivity index (χ3v) is 9.47. The highest BCUT2D eigenvalue weighted by Gasteiger charge is 2.22. The van der Waals surface area contributed by atoms with Crippen molar-refractivity contribution in [1.82, 2.24) is 19.9 Å². The lowest BCUT2D eigenvalue weighted by Crippen LogP contribution is -2.14. The van der Waals surface area contributed by atoms with Crippen molar-refractivity contribution in [3.8, 4) is 17.2 Å². The van der Waals surface area contributed by atoms with E-state index >= 15 is 0 Å². The van der Waals surface area contributed by atoms with E-state index in [2.05, 4.69) is 73.4 Å². The number of aromatic nitrogens is 4. The molecule has 4 heterocycles. The van der Waals surface area contributed by atoms with Gasteiger partial charge in [0, 0.05) is 46.7 Å². The van der Waals surface area contributed by atoms with Gasteiger partial charge in [-0.3, -0.25) is 9.97 Å². The normalized spacial score (nSPS) is 12.2. The zero-order valence-electron chi connectivity index (χ0n) is 31.2. The first-order chi connectivity index (χ1) is 27.7. The van der Waals surface area contributed by atoms with Crippen molar-refractivity contribution in [1.29, 1.82) is 0 Å². The van der Waals surface area contributed by atoms with Crippen molar-refractivity contribution in [2.45, 2.75) is 38.5 Å². The summed E-state index contributed by atoms with van der Waals surface area (Å²) in [6.07, 6.45) is 6.72. The van der Waals surface area contributed by atoms with Gasteiger partial charge in [-0.2, -0.15) is 8.78 Å². The van der Waals surface area contributed by atoms with Crippen LogP contribution in [0.3, 0.4) is 0 Å². The Kier molecular flexibility index (Phi) is 11.7. The highest BCUT2D eigenvalue weighted by molar-refractivity contribution is 5.87. The summed E-state index contributed by atoms with van der Waals surface area (Å²) in [6, 6.07) is 40.3. The maximum absolute atomic E-state index is 12.5. The van der Waals surface area contributed by atoms with Crippen LogP contribution < -0.4 is 15.4 Å². The fourth-order valence-corrected chi connectivity index (χ4v) is 6.54. The molecule has 0 bridgehead atoms. The van der Waals surface area contributed by atoms with Gasteiger partial charge in [0.15, 0.2) is 0 Å². The number of phenolic OH excluding ortho intramolecular Hbond substituents is 2. The van der Waals surface area contributed by atoms with Crippen LogP contribution in [0.4, 0.5) is 20.4 Å². The summed E-state index contributed by atoms with van der Waals surface area (Å²) in [7, 11) is 0. The number of alkyl halides is 2. The number of nitrogens with zero attached hydrogens (tertiary/aromatic N) is 4. The molecule has 0 saturated heterocycles. The Morgan fingerprint density at radius 3 is 1.35 bits per heavy atom. The number of anilines is 2. The topological polar surface area (TPSA) is 125 Å². The van der Waals surface area contributed by atoms with E-state index in [-0.39, 0.29) is 23.3 Å². The second-order valence-electron chi connectivity index (χ2n) is 13.5. The van der Waals surface area contributed by atoms with Gasteiger partial charge in [-0.15, -0.1) is 0 Å². The molecule has 2 atom stereocenters. The number of nitrogens with one attached hydrogen (secondary N) is 2. The van der Waals surface area contributed by atoms with E-state index in [1.54, 1.807) is 55.1 Å². The minimum Gasteiger partial charge on any atom is -0.505 e. The van der Waals surface area contributed by atoms with Gasteiger partial charge in [0.05, 0.1) is 12.1 Å². The van der Waals surface area contributed by atoms with E-state index in [9.17, 15) is 19.0 Å². The zero-order chi connectivity index (χ0) is 39.7. The van der Waals surface area contributed by atoms with Gasteiger partial charge in [-0.05, 0) is 71.1 Å². The molecule has 4 N–H and O–H groups in total. The Balaban J connectivity index is 0.000000174. The van der Waals surface area contributed by atoms with Crippen LogP contribution in [0.15, 0.2) is 158 Å². The molecule has 0 amide bonds. The van der Waals surface area contributed by atoms with Crippen LogP contribution in [-0.4, -0.2) is 36.8 Å². The van der Waals surface area contributed by atoms with E-state index in [1.165, 1.54) is 17.7 Å². The maximum Gasteiger partial charge on any atom is 0.387 e. The first kappa shape index (κ1) is 38.1. The first-order valence-corrected chi connectivity index (χ1v) is 18.4. The van der Waals surface area contributed by atoms with Crippen LogP contribution in [-0.2, 0) is 0 Å². The SMILES string of the molecule is CC(C)c1ccc(C(Nc2ccccn2)c2ccc3cccnc3c2O)cc1.Oc1c(C(Nc2ccccn2)c2ccc(OC(F)F)cc2)ccc2cccnc12. The van der Waals surface area contributed by atoms with Crippen molar-refractivity contribution in [2.24, 2.45) is 0 Å². The smallest absolute Gasteiger partial charge is 0.387 e. The summed E-state index contributed by atoms with van der Waals surface area (Å²) in [5.74, 6) is 2.12. The number of hydrogen-bond donors (Lipinski definition) is 4. The number of ether oxygens (including phenoxy) is 1. The molecule has 0 spiro atoms. The largest absolute Gasteiger partial charge is 0.505 e. The zero-order valence-corrected chi connectivity index (χ0v) is 31.2. The number of benzene rings is 4. The van der Waals surface area contributed by atoms with Crippen molar-refractivity contribution in [2.75, 3.05) is 10.6 Å². The predicted molar refractivity (Wildman–Crippen MR) is 220 cm³/mol. The Bertz CT molecular complexity index is 2540. The van der Waals surface area contributed by atoms with Gasteiger partial charge >= 0.3 is 6.61 Å². The number of fused-ring (bicyclic) bond motifs is 2. The molecule has 0 fully saturated rings. The Hall–Kier alpha value is -7.14. The van der Waals surface area contributed by atoms with Crippen LogP contribution in [0, 0.1) is 0 Å². The van der Waals surface area contributed by atoms with E-state index in [0.29, 0.717) is 28.3 Å². The number of halogens is 2. The average molecular weight is 763 g/mol. The fourth-order valence-electron chi connectivity index (χ4n) is 6.54. The Labute approximate surface area is 328 Å². The van der Waals surface area contributed by atoms with Crippen LogP contribution in [0.2, 0.25) is 0 Å². The highest BCUT2D eigenvalue weighted by atomic mass is 19.3. The highest BCUT2D eigenvalue weighted by Crippen LogP contribution is 2.38. The summed E-state index contributed by atoms with van der Waals surface area (Å²) in [6.45, 7) is 1.47. The van der Waals surface area contributed by atoms with Gasteiger partial charge in [0.1, 0.15) is 39.9 Å². The molecule has 0 radical (unpaired) electrons. The molecule has 0 aliphatic carbocycles. The minimum atomic E-state index is -2.89. The number of phenols is 2. The van der Waals surface area contributed by atoms with Gasteiger partial charge in [-0.1, -0.05) is 98.8 Å². The van der Waals surface area contributed by atoms with Crippen LogP contribution in [0.5, 0.6) is 17.2 Å². The molecule has 0 aliphatic rings. The molecule has 2 unspecified atom stereocenters. The maximum atomic E-state index is 12.5. The molecule has 4 aromatic heterocycles. The molecule has 11 heteroatoms. The quantitative estimate of drug-likeness (QED) is 0.102. The van der Waals surface area contributed by atoms with Gasteiger partial charge < -0.3 is 25.6 Å². The molecule has 57 heavy (non-hydrogen) atoms. The first-order valence-electron chi connectivity index (χ1n) is 18.4. The van der Waals surface area contributed by atoms with Gasteiger partial charge in [0.2, 0.25) is 0 Å². The van der Waals surface area contributed by atoms with Crippen molar-refractivity contribution < 1.29 is 23.7 Å². The number of pyridine rings is 4. The molecule has 0 saturated carbocycles. The average Bonchev–Trinajstić information content (AvgIpc) is 3.24. The van der Waals surface area contributed by atoms with Crippen molar-refractivity contribution in [3.63, 3.8) is 0 Å². The summed E-state index contributed by atoms with van der Waals surface area (Å²) in [4.78, 5) is 17.3. The molecule has 4 aromatic carbocycles. The fraction of sp³-hybridized carbons (Fsp3) is 0.130. The lowest BCUT2D eigenvalue weighted by molar-refractivity contribution is -0.0498. The van der Waals surface area contributed by atoms with Crippen LogP contribution >= 0.6 is 0 Å². The van der Waals surface area contributed by atoms with Crippen molar-refractivity contribution >= 4 is 33.4 Å². The lowest BCUT2D eigenvalue weighted by Gasteiger charge is -2.22. The number of rotatable bonds is 11. The third kappa shape index (κ3) is 9.05. The lowest BCUT2D eigenvalue weighted by atomic mass is 9.94. The molecular formula is C46H40F2N6O3. The second-order valence-corrected chi connectivity index (χ2v) is 13.5. The minimum absolute atomic E-state index is 0.0458. The Morgan fingerprint density at radius 2 is 0.930 bits per heavy atom. The van der Waals surface area contributed by atoms with Gasteiger partial charge in [-0.25, -0.2) is 9.97 Å². The predicted octanol–water partition coefficient (Wildman–Crippen LogP) is 10.8. The van der Waals surface area contributed by atoms with E-state index in [1.807, 2.05) is 66.7 Å². The molecule has 8 rings (SSSR count). The second kappa shape index (κ2) is 17.5. The summed E-state index contributed by atoms with van der Waals surface area (Å²) < 4.78 is 29.3. The van der Waals surface area contributed by atoms with Crippen LogP contribution in [0.1, 0.15) is 59.7 Å². The third-order valence-electron chi connectivity index (χ3n) is 9.47. The van der Waals surface area contributed by atoms with E-state index in [4.69, 9.17) is 0 Å². The van der Waals surface area contributed by atoms with Crippen LogP contribution in [0.25, 0.3) is 21.8 Å². The van der Waals surface area contributed by atoms with E-state index < -0.39 is 12.7 Å². The molecule has 286 valence electrons. The van der Waals surface area contributed by atoms with Gasteiger partial charge in [0.25, 0.3) is 0 Å².